The van der Waals surface area contributed by atoms with Crippen molar-refractivity contribution in [2.75, 3.05) is 29.9 Å². The molecule has 2 fully saturated rings. The van der Waals surface area contributed by atoms with Crippen molar-refractivity contribution < 1.29 is 23.9 Å². The van der Waals surface area contributed by atoms with E-state index < -0.39 is 11.4 Å². The van der Waals surface area contributed by atoms with Crippen molar-refractivity contribution in [2.24, 2.45) is 11.3 Å². The maximum atomic E-state index is 13.8. The van der Waals surface area contributed by atoms with Crippen molar-refractivity contribution in [1.29, 1.82) is 0 Å². The van der Waals surface area contributed by atoms with Crippen LogP contribution >= 0.6 is 0 Å². The molecule has 2 aromatic rings. The van der Waals surface area contributed by atoms with E-state index >= 15 is 0 Å². The molecule has 0 spiro atoms. The topological polar surface area (TPSA) is 81.2 Å². The van der Waals surface area contributed by atoms with E-state index in [1.807, 2.05) is 35.2 Å². The van der Waals surface area contributed by atoms with Gasteiger partial charge in [-0.05, 0) is 68.0 Å². The number of carboxylic acids is 1. The van der Waals surface area contributed by atoms with Crippen LogP contribution in [0.25, 0.3) is 0 Å². The Morgan fingerprint density at radius 2 is 1.65 bits per heavy atom. The van der Waals surface area contributed by atoms with E-state index in [9.17, 15) is 23.9 Å². The molecule has 1 aliphatic carbocycles. The van der Waals surface area contributed by atoms with Crippen molar-refractivity contribution in [2.45, 2.75) is 57.9 Å². The molecule has 1 heterocycles. The number of para-hydroxylation sites is 1. The molecule has 1 saturated heterocycles. The summed E-state index contributed by atoms with van der Waals surface area (Å²) in [6.07, 6.45) is 4.29. The number of hydrogen-bond donors (Lipinski definition) is 1. The molecule has 4 rings (SSSR count). The molecule has 7 nitrogen and oxygen atoms in total. The SMILES string of the molecule is CC1CCCC(N(C(=O)CC2(C(=O)O)CCN(C(=O)N(C)c3ccc(F)cc3)CC2)c2ccccc2)C1. The van der Waals surface area contributed by atoms with Gasteiger partial charge in [-0.1, -0.05) is 38.0 Å². The van der Waals surface area contributed by atoms with Gasteiger partial charge in [-0.3, -0.25) is 14.5 Å². The standard InChI is InChI=1S/C29H36FN3O4/c1-21-7-6-10-25(19-21)33(24-8-4-3-5-9-24)26(34)20-29(27(35)36)15-17-32(18-16-29)28(37)31(2)23-13-11-22(30)12-14-23/h3-5,8-9,11-14,21,25H,6-7,10,15-20H2,1-2H3,(H,35,36). The largest absolute Gasteiger partial charge is 0.481 e. The first-order valence-corrected chi connectivity index (χ1v) is 13.1. The maximum absolute atomic E-state index is 13.8. The van der Waals surface area contributed by atoms with Crippen LogP contribution in [0.3, 0.4) is 0 Å². The molecule has 1 N–H and O–H groups in total. The van der Waals surface area contributed by atoms with Crippen molar-refractivity contribution >= 4 is 29.3 Å². The molecular formula is C29H36FN3O4. The van der Waals surface area contributed by atoms with Crippen molar-refractivity contribution in [3.63, 3.8) is 0 Å². The number of carbonyl (C=O) groups is 3. The Bertz CT molecular complexity index is 1100. The number of halogens is 1. The van der Waals surface area contributed by atoms with Gasteiger partial charge in [0, 0.05) is 44.0 Å². The smallest absolute Gasteiger partial charge is 0.324 e. The van der Waals surface area contributed by atoms with Crippen molar-refractivity contribution in [1.82, 2.24) is 4.90 Å². The number of rotatable bonds is 6. The van der Waals surface area contributed by atoms with Gasteiger partial charge in [-0.2, -0.15) is 0 Å². The Hall–Kier alpha value is -3.42. The lowest BCUT2D eigenvalue weighted by molar-refractivity contribution is -0.154. The number of aliphatic carboxylic acids is 1. The van der Waals surface area contributed by atoms with Gasteiger partial charge >= 0.3 is 12.0 Å². The van der Waals surface area contributed by atoms with Gasteiger partial charge in [0.15, 0.2) is 0 Å². The lowest BCUT2D eigenvalue weighted by atomic mass is 9.75. The Kier molecular flexibility index (Phi) is 8.15. The fraction of sp³-hybridized carbons (Fsp3) is 0.483. The van der Waals surface area contributed by atoms with Gasteiger partial charge in [0.2, 0.25) is 5.91 Å². The van der Waals surface area contributed by atoms with Gasteiger partial charge in [0.1, 0.15) is 5.82 Å². The molecule has 2 aliphatic rings. The number of hydrogen-bond acceptors (Lipinski definition) is 3. The van der Waals surface area contributed by atoms with E-state index in [0.29, 0.717) is 11.6 Å². The highest BCUT2D eigenvalue weighted by molar-refractivity contribution is 5.97. The Balaban J connectivity index is 1.48. The molecule has 0 bridgehead atoms. The molecular weight excluding hydrogens is 473 g/mol. The van der Waals surface area contributed by atoms with Crippen LogP contribution in [0.5, 0.6) is 0 Å². The Morgan fingerprint density at radius 1 is 1.00 bits per heavy atom. The molecule has 1 saturated carbocycles. The Labute approximate surface area is 217 Å². The summed E-state index contributed by atoms with van der Waals surface area (Å²) in [5, 5.41) is 10.3. The zero-order valence-electron chi connectivity index (χ0n) is 21.6. The predicted molar refractivity (Wildman–Crippen MR) is 141 cm³/mol. The summed E-state index contributed by atoms with van der Waals surface area (Å²) in [7, 11) is 1.61. The van der Waals surface area contributed by atoms with Crippen LogP contribution in [0.1, 0.15) is 51.9 Å². The zero-order valence-corrected chi connectivity index (χ0v) is 21.6. The number of amides is 3. The number of piperidine rings is 1. The highest BCUT2D eigenvalue weighted by Crippen LogP contribution is 2.39. The summed E-state index contributed by atoms with van der Waals surface area (Å²) in [6, 6.07) is 15.0. The molecule has 8 heteroatoms. The first-order chi connectivity index (χ1) is 17.7. The molecule has 3 amide bonds. The number of carbonyl (C=O) groups excluding carboxylic acids is 2. The lowest BCUT2D eigenvalue weighted by Crippen LogP contribution is -2.52. The number of carboxylic acid groups (broad SMARTS) is 1. The van der Waals surface area contributed by atoms with E-state index in [1.54, 1.807) is 11.9 Å². The summed E-state index contributed by atoms with van der Waals surface area (Å²) >= 11 is 0. The summed E-state index contributed by atoms with van der Waals surface area (Å²) < 4.78 is 13.3. The Morgan fingerprint density at radius 3 is 2.24 bits per heavy atom. The number of urea groups is 1. The van der Waals surface area contributed by atoms with E-state index in [4.69, 9.17) is 0 Å². The summed E-state index contributed by atoms with van der Waals surface area (Å²) in [4.78, 5) is 44.3. The van der Waals surface area contributed by atoms with Crippen molar-refractivity contribution in [3.05, 3.63) is 60.4 Å². The van der Waals surface area contributed by atoms with Crippen LogP contribution in [-0.2, 0) is 9.59 Å². The molecule has 2 atom stereocenters. The third-order valence-corrected chi connectivity index (χ3v) is 8.01. The molecule has 0 aromatic heterocycles. The molecule has 1 aliphatic heterocycles. The summed E-state index contributed by atoms with van der Waals surface area (Å²) in [5.41, 5.74) is 0.132. The highest BCUT2D eigenvalue weighted by Gasteiger charge is 2.46. The second-order valence-corrected chi connectivity index (χ2v) is 10.6. The minimum atomic E-state index is -1.23. The van der Waals surface area contributed by atoms with Crippen LogP contribution in [0.4, 0.5) is 20.6 Å². The van der Waals surface area contributed by atoms with Crippen LogP contribution in [0, 0.1) is 17.2 Å². The lowest BCUT2D eigenvalue weighted by Gasteiger charge is -2.42. The molecule has 2 unspecified atom stereocenters. The minimum absolute atomic E-state index is 0.0514. The quantitative estimate of drug-likeness (QED) is 0.554. The average Bonchev–Trinajstić information content (AvgIpc) is 2.89. The van der Waals surface area contributed by atoms with Gasteiger partial charge in [0.25, 0.3) is 0 Å². The summed E-state index contributed by atoms with van der Waals surface area (Å²) in [6.45, 7) is 2.67. The van der Waals surface area contributed by atoms with Gasteiger partial charge in [-0.15, -0.1) is 0 Å². The van der Waals surface area contributed by atoms with Crippen molar-refractivity contribution in [3.8, 4) is 0 Å². The first-order valence-electron chi connectivity index (χ1n) is 13.1. The predicted octanol–water partition coefficient (Wildman–Crippen LogP) is 5.55. The third kappa shape index (κ3) is 5.95. The normalized spacial score (nSPS) is 21.2. The van der Waals surface area contributed by atoms with Crippen LogP contribution in [0.2, 0.25) is 0 Å². The molecule has 37 heavy (non-hydrogen) atoms. The second-order valence-electron chi connectivity index (χ2n) is 10.6. The monoisotopic (exact) mass is 509 g/mol. The van der Waals surface area contributed by atoms with Crippen LogP contribution in [0.15, 0.2) is 54.6 Å². The maximum Gasteiger partial charge on any atom is 0.324 e. The molecule has 2 aromatic carbocycles. The molecule has 0 radical (unpaired) electrons. The minimum Gasteiger partial charge on any atom is -0.481 e. The highest BCUT2D eigenvalue weighted by atomic mass is 19.1. The number of benzene rings is 2. The third-order valence-electron chi connectivity index (χ3n) is 8.01. The summed E-state index contributed by atoms with van der Waals surface area (Å²) in [5.74, 6) is -1.04. The average molecular weight is 510 g/mol. The number of anilines is 2. The van der Waals surface area contributed by atoms with Gasteiger partial charge in [-0.25, -0.2) is 9.18 Å². The van der Waals surface area contributed by atoms with E-state index in [2.05, 4.69) is 6.92 Å². The number of nitrogens with zero attached hydrogens (tertiary/aromatic N) is 3. The second kappa shape index (κ2) is 11.3. The first kappa shape index (κ1) is 26.6. The van der Waals surface area contributed by atoms with E-state index in [1.165, 1.54) is 29.2 Å². The number of likely N-dealkylation sites (tertiary alicyclic amines) is 1. The fourth-order valence-corrected chi connectivity index (χ4v) is 5.74. The molecule has 198 valence electrons. The fourth-order valence-electron chi connectivity index (χ4n) is 5.74. The van der Waals surface area contributed by atoms with Crippen LogP contribution < -0.4 is 9.80 Å². The van der Waals surface area contributed by atoms with E-state index in [0.717, 1.165) is 31.4 Å². The van der Waals surface area contributed by atoms with Gasteiger partial charge < -0.3 is 14.9 Å². The van der Waals surface area contributed by atoms with E-state index in [-0.39, 0.29) is 56.1 Å². The van der Waals surface area contributed by atoms with Crippen LogP contribution in [-0.4, -0.2) is 54.1 Å². The van der Waals surface area contributed by atoms with Gasteiger partial charge in [0.05, 0.1) is 5.41 Å². The zero-order chi connectivity index (χ0) is 26.6.